The Labute approximate surface area is 499 Å². The summed E-state index contributed by atoms with van der Waals surface area (Å²) in [5.74, 6) is -3.40. The fourth-order valence-corrected chi connectivity index (χ4v) is 8.35. The van der Waals surface area contributed by atoms with Gasteiger partial charge in [0.2, 0.25) is 17.7 Å². The number of benzene rings is 1. The molecule has 1 aromatic carbocycles. The van der Waals surface area contributed by atoms with Gasteiger partial charge in [-0.3, -0.25) is 24.0 Å². The molecule has 1 rings (SSSR count). The van der Waals surface area contributed by atoms with Crippen LogP contribution in [-0.4, -0.2) is 210 Å². The zero-order valence-corrected chi connectivity index (χ0v) is 50.6. The molecule has 486 valence electrons. The number of nitrogens with one attached hydrogen (secondary N) is 3. The second-order valence-electron chi connectivity index (χ2n) is 20.0. The highest BCUT2D eigenvalue weighted by atomic mass is 16.6. The largest absolute Gasteiger partial charge is 0.481 e. The predicted molar refractivity (Wildman–Crippen MR) is 313 cm³/mol. The van der Waals surface area contributed by atoms with Crippen LogP contribution < -0.4 is 21.7 Å². The molecule has 84 heavy (non-hydrogen) atoms. The first-order valence-electron chi connectivity index (χ1n) is 30.6. The fraction of sp³-hybridized carbons (Fsp3) is 0.800. The van der Waals surface area contributed by atoms with Crippen molar-refractivity contribution >= 4 is 35.8 Å². The van der Waals surface area contributed by atoms with Crippen molar-refractivity contribution in [1.82, 2.24) is 16.0 Å². The molecule has 7 N–H and O–H groups in total. The van der Waals surface area contributed by atoms with E-state index in [0.717, 1.165) is 50.5 Å². The molecule has 0 saturated carbocycles. The number of nitrogens with two attached hydrogens (primary N) is 1. The van der Waals surface area contributed by atoms with Crippen molar-refractivity contribution in [2.24, 2.45) is 11.1 Å². The average molecular weight is 1200 g/mol. The van der Waals surface area contributed by atoms with E-state index in [0.29, 0.717) is 158 Å². The Morgan fingerprint density at radius 2 is 0.821 bits per heavy atom. The lowest BCUT2D eigenvalue weighted by Gasteiger charge is -2.28. The number of carboxylic acids is 2. The quantitative estimate of drug-likeness (QED) is 0.0314. The van der Waals surface area contributed by atoms with Crippen LogP contribution in [0.5, 0.6) is 0 Å². The highest BCUT2D eigenvalue weighted by Gasteiger charge is 2.44. The minimum Gasteiger partial charge on any atom is -0.481 e. The Balaban J connectivity index is 1.93. The Morgan fingerprint density at radius 1 is 0.464 bits per heavy atom. The van der Waals surface area contributed by atoms with E-state index in [-0.39, 0.29) is 58.6 Å². The number of unbranched alkanes of at least 4 members (excludes halogenated alkanes) is 13. The number of aliphatic carboxylic acids is 2. The number of amides is 4. The third-order valence-electron chi connectivity index (χ3n) is 13.1. The number of carbonyl (C=O) groups excluding carboxylic acids is 4. The van der Waals surface area contributed by atoms with Crippen molar-refractivity contribution in [2.45, 2.75) is 148 Å². The Bertz CT molecular complexity index is 1760. The minimum atomic E-state index is -1.48. The molecule has 0 bridgehead atoms. The minimum absolute atomic E-state index is 0.0264. The third-order valence-corrected chi connectivity index (χ3v) is 13.1. The molecule has 24 nitrogen and oxygen atoms in total. The van der Waals surface area contributed by atoms with Gasteiger partial charge in [0.1, 0.15) is 18.1 Å². The van der Waals surface area contributed by atoms with Gasteiger partial charge in [0.05, 0.1) is 145 Å². The number of alkyl carbamates (subject to hydrolysis) is 1. The van der Waals surface area contributed by atoms with Gasteiger partial charge < -0.3 is 88.7 Å². The second-order valence-corrected chi connectivity index (χ2v) is 20.0. The fourth-order valence-electron chi connectivity index (χ4n) is 8.35. The van der Waals surface area contributed by atoms with Crippen LogP contribution in [0.2, 0.25) is 0 Å². The first-order chi connectivity index (χ1) is 41.0. The maximum absolute atomic E-state index is 13.5. The molecular weight excluding hydrogens is 1100 g/mol. The molecule has 1 unspecified atom stereocenters. The van der Waals surface area contributed by atoms with Gasteiger partial charge >= 0.3 is 18.0 Å². The lowest BCUT2D eigenvalue weighted by atomic mass is 9.76. The van der Waals surface area contributed by atoms with E-state index in [4.69, 9.17) is 67.7 Å². The molecule has 1 aromatic rings. The summed E-state index contributed by atoms with van der Waals surface area (Å²) in [7, 11) is 0. The van der Waals surface area contributed by atoms with Crippen molar-refractivity contribution in [3.05, 3.63) is 35.9 Å². The SMILES string of the molecule is CCCCCCCCCCCC(CCCCCCCCC(=O)O)(C(=O)O)C(=O)NCCOCCOCCOCCOCCOCCOCCOCCOCCOCCOCCOCCNC(=O)[C@H](CCC(N)=O)NC(=O)OCc1ccccc1. The van der Waals surface area contributed by atoms with Crippen molar-refractivity contribution in [3.8, 4) is 0 Å². The summed E-state index contributed by atoms with van der Waals surface area (Å²) in [6.07, 6.45) is 14.5. The van der Waals surface area contributed by atoms with Crippen LogP contribution in [-0.2, 0) is 87.4 Å². The summed E-state index contributed by atoms with van der Waals surface area (Å²) in [6.45, 7) is 11.1. The molecule has 0 radical (unpaired) electrons. The maximum atomic E-state index is 13.5. The number of rotatable bonds is 64. The molecule has 24 heteroatoms. The standard InChI is InChI=1S/C60H106N4O20/c1-2-3-4-5-6-7-9-12-18-25-60(58(70)71,26-19-13-10-8-11-17-22-55(66)67)57(69)63-28-30-74-32-34-76-36-38-78-40-42-80-44-46-82-48-50-83-49-47-81-45-43-79-41-39-77-37-35-75-33-31-73-29-27-62-56(68)53(23-24-54(61)65)64-59(72)84-51-52-20-15-14-16-21-52/h14-16,20-21,53H,2-13,17-19,22-51H2,1H3,(H2,61,65)(H,62,68)(H,63,69)(H,64,72)(H,66,67)(H,70,71)/t53-,60?/m0/s1. The molecule has 0 aliphatic rings. The van der Waals surface area contributed by atoms with Gasteiger partial charge in [-0.15, -0.1) is 0 Å². The Kier molecular flexibility index (Phi) is 53.0. The van der Waals surface area contributed by atoms with Gasteiger partial charge in [-0.2, -0.15) is 0 Å². The van der Waals surface area contributed by atoms with E-state index in [2.05, 4.69) is 22.9 Å². The van der Waals surface area contributed by atoms with Gasteiger partial charge in [0.25, 0.3) is 0 Å². The number of hydrogen-bond acceptors (Lipinski definition) is 18. The zero-order chi connectivity index (χ0) is 61.1. The smallest absolute Gasteiger partial charge is 0.408 e. The molecular formula is C60H106N4O20. The molecule has 0 aliphatic carbocycles. The van der Waals surface area contributed by atoms with Crippen LogP contribution in [0.4, 0.5) is 4.79 Å². The summed E-state index contributed by atoms with van der Waals surface area (Å²) in [4.78, 5) is 73.2. The van der Waals surface area contributed by atoms with Gasteiger partial charge in [-0.25, -0.2) is 4.79 Å². The van der Waals surface area contributed by atoms with Gasteiger partial charge in [0.15, 0.2) is 0 Å². The van der Waals surface area contributed by atoms with Crippen molar-refractivity contribution in [1.29, 1.82) is 0 Å². The van der Waals surface area contributed by atoms with E-state index in [9.17, 15) is 33.9 Å². The van der Waals surface area contributed by atoms with E-state index < -0.39 is 47.2 Å². The lowest BCUT2D eigenvalue weighted by molar-refractivity contribution is -0.157. The monoisotopic (exact) mass is 1200 g/mol. The zero-order valence-electron chi connectivity index (χ0n) is 50.6. The Morgan fingerprint density at radius 3 is 1.19 bits per heavy atom. The molecule has 0 aromatic heterocycles. The van der Waals surface area contributed by atoms with Crippen LogP contribution in [0.15, 0.2) is 30.3 Å². The Hall–Kier alpha value is -4.60. The number of ether oxygens (including phenoxy) is 12. The molecule has 4 amide bonds. The number of primary amides is 1. The number of carboxylic acid groups (broad SMARTS) is 2. The van der Waals surface area contributed by atoms with Crippen LogP contribution >= 0.6 is 0 Å². The highest BCUT2D eigenvalue weighted by Crippen LogP contribution is 2.33. The maximum Gasteiger partial charge on any atom is 0.408 e. The normalized spacial score (nSPS) is 12.4. The summed E-state index contributed by atoms with van der Waals surface area (Å²) >= 11 is 0. The highest BCUT2D eigenvalue weighted by molar-refractivity contribution is 6.01. The van der Waals surface area contributed by atoms with Crippen molar-refractivity contribution < 1.29 is 95.8 Å². The number of carbonyl (C=O) groups is 6. The summed E-state index contributed by atoms with van der Waals surface area (Å²) in [5.41, 5.74) is 4.54. The second kappa shape index (κ2) is 57.5. The topological polar surface area (TPSA) is 316 Å². The van der Waals surface area contributed by atoms with E-state index in [1.54, 1.807) is 12.1 Å². The third kappa shape index (κ3) is 47.6. The summed E-state index contributed by atoms with van der Waals surface area (Å²) in [5, 5.41) is 27.2. The van der Waals surface area contributed by atoms with E-state index in [1.165, 1.54) is 32.1 Å². The average Bonchev–Trinajstić information content (AvgIpc) is 3.20. The van der Waals surface area contributed by atoms with Gasteiger partial charge in [-0.05, 0) is 31.2 Å². The molecule has 0 aliphatic heterocycles. The van der Waals surface area contributed by atoms with Crippen LogP contribution in [0.3, 0.4) is 0 Å². The van der Waals surface area contributed by atoms with E-state index >= 15 is 0 Å². The van der Waals surface area contributed by atoms with E-state index in [1.807, 2.05) is 18.2 Å². The van der Waals surface area contributed by atoms with Gasteiger partial charge in [0, 0.05) is 25.9 Å². The molecule has 2 atom stereocenters. The summed E-state index contributed by atoms with van der Waals surface area (Å²) < 4.78 is 66.0. The predicted octanol–water partition coefficient (Wildman–Crippen LogP) is 6.16. The van der Waals surface area contributed by atoms with Crippen LogP contribution in [0.1, 0.15) is 141 Å². The molecule has 0 heterocycles. The van der Waals surface area contributed by atoms with Crippen LogP contribution in [0.25, 0.3) is 0 Å². The van der Waals surface area contributed by atoms with Crippen molar-refractivity contribution in [3.63, 3.8) is 0 Å². The number of hydrogen-bond donors (Lipinski definition) is 6. The van der Waals surface area contributed by atoms with Crippen LogP contribution in [0, 0.1) is 5.41 Å². The van der Waals surface area contributed by atoms with Crippen molar-refractivity contribution in [2.75, 3.05) is 158 Å². The first-order valence-corrected chi connectivity index (χ1v) is 30.6. The molecule has 0 saturated heterocycles. The first kappa shape index (κ1) is 77.4. The lowest BCUT2D eigenvalue weighted by Crippen LogP contribution is -2.48. The summed E-state index contributed by atoms with van der Waals surface area (Å²) in [6, 6.07) is 8.10. The van der Waals surface area contributed by atoms with Gasteiger partial charge in [-0.1, -0.05) is 127 Å². The molecule has 0 fully saturated rings. The molecule has 0 spiro atoms.